The van der Waals surface area contributed by atoms with Gasteiger partial charge in [-0.05, 0) is 70.6 Å². The summed E-state index contributed by atoms with van der Waals surface area (Å²) in [5.41, 5.74) is 0. The van der Waals surface area contributed by atoms with Crippen molar-refractivity contribution in [2.45, 2.75) is 295 Å². The molecule has 0 aromatic rings. The Balaban J connectivity index is 3.63. The number of aliphatic hydroxyl groups is 3. The highest BCUT2D eigenvalue weighted by Crippen LogP contribution is 2.16. The molecule has 61 heavy (non-hydrogen) atoms. The number of allylic oxidation sites excluding steroid dienone is 7. The average Bonchev–Trinajstić information content (AvgIpc) is 3.26. The Labute approximate surface area is 380 Å². The first-order valence-electron chi connectivity index (χ1n) is 27.0. The standard InChI is InChI=1S/C56H105NO4/c1-3-5-7-9-11-13-15-17-19-21-23-24-25-26-27-28-29-30-31-33-35-37-39-41-43-45-47-49-51-55(60)56(61)57-53(52-58)54(59)50-48-46-44-42-40-38-36-34-32-22-20-18-16-14-12-10-8-6-4-2/h26-27,32,34,40,42,48,50,53-55,58-60H,3-25,28-31,33,35-39,41,43-47,49,51-52H2,1-2H3,(H,57,61)/b27-26-,34-32+,42-40+,50-48+. The summed E-state index contributed by atoms with van der Waals surface area (Å²) >= 11 is 0. The van der Waals surface area contributed by atoms with Crippen LogP contribution in [0.3, 0.4) is 0 Å². The molecule has 0 saturated carbocycles. The molecule has 5 heteroatoms. The summed E-state index contributed by atoms with van der Waals surface area (Å²) < 4.78 is 0. The van der Waals surface area contributed by atoms with E-state index in [4.69, 9.17) is 0 Å². The van der Waals surface area contributed by atoms with Gasteiger partial charge in [-0.3, -0.25) is 4.79 Å². The second-order valence-electron chi connectivity index (χ2n) is 18.4. The molecule has 0 bridgehead atoms. The Morgan fingerprint density at radius 1 is 0.393 bits per heavy atom. The summed E-state index contributed by atoms with van der Waals surface area (Å²) in [5.74, 6) is -0.516. The number of hydrogen-bond acceptors (Lipinski definition) is 4. The summed E-state index contributed by atoms with van der Waals surface area (Å²) in [5, 5.41) is 33.3. The van der Waals surface area contributed by atoms with Crippen molar-refractivity contribution < 1.29 is 20.1 Å². The van der Waals surface area contributed by atoms with E-state index in [9.17, 15) is 20.1 Å². The molecule has 358 valence electrons. The van der Waals surface area contributed by atoms with E-state index >= 15 is 0 Å². The van der Waals surface area contributed by atoms with Gasteiger partial charge in [0.25, 0.3) is 0 Å². The number of nitrogens with one attached hydrogen (secondary N) is 1. The maximum Gasteiger partial charge on any atom is 0.249 e. The van der Waals surface area contributed by atoms with Gasteiger partial charge < -0.3 is 20.6 Å². The van der Waals surface area contributed by atoms with Crippen LogP contribution in [0.25, 0.3) is 0 Å². The maximum atomic E-state index is 12.5. The molecule has 5 nitrogen and oxygen atoms in total. The van der Waals surface area contributed by atoms with Gasteiger partial charge in [0.15, 0.2) is 0 Å². The lowest BCUT2D eigenvalue weighted by Crippen LogP contribution is -2.48. The highest BCUT2D eigenvalue weighted by Gasteiger charge is 2.22. The summed E-state index contributed by atoms with van der Waals surface area (Å²) in [7, 11) is 0. The fourth-order valence-corrected chi connectivity index (χ4v) is 8.15. The first-order valence-corrected chi connectivity index (χ1v) is 27.0. The lowest BCUT2D eigenvalue weighted by molar-refractivity contribution is -0.131. The number of amides is 1. The number of carbonyl (C=O) groups is 1. The third-order valence-electron chi connectivity index (χ3n) is 12.4. The Hall–Kier alpha value is -1.69. The average molecular weight is 856 g/mol. The van der Waals surface area contributed by atoms with E-state index in [0.29, 0.717) is 6.42 Å². The SMILES string of the molecule is CCCCCCCCCCC/C=C/CC/C=C/CC/C=C/C(O)C(CO)NC(=O)C(O)CCCCCCCCCCCCCC/C=C\CCCCCCCCCCCCCC. The van der Waals surface area contributed by atoms with Gasteiger partial charge in [-0.15, -0.1) is 0 Å². The molecular weight excluding hydrogens is 751 g/mol. The molecule has 0 aliphatic carbocycles. The van der Waals surface area contributed by atoms with Crippen LogP contribution in [-0.2, 0) is 4.79 Å². The zero-order valence-corrected chi connectivity index (χ0v) is 40.8. The molecule has 0 rings (SSSR count). The Bertz CT molecular complexity index is 989. The van der Waals surface area contributed by atoms with Gasteiger partial charge in [0.05, 0.1) is 18.8 Å². The second-order valence-corrected chi connectivity index (χ2v) is 18.4. The Morgan fingerprint density at radius 2 is 0.672 bits per heavy atom. The monoisotopic (exact) mass is 856 g/mol. The van der Waals surface area contributed by atoms with Crippen molar-refractivity contribution in [1.82, 2.24) is 5.32 Å². The molecule has 0 radical (unpaired) electrons. The molecule has 0 aromatic carbocycles. The summed E-state index contributed by atoms with van der Waals surface area (Å²) in [6.07, 6.45) is 67.5. The number of aliphatic hydroxyl groups excluding tert-OH is 3. The Morgan fingerprint density at radius 3 is 1.00 bits per heavy atom. The third-order valence-corrected chi connectivity index (χ3v) is 12.4. The van der Waals surface area contributed by atoms with Crippen LogP contribution in [0.5, 0.6) is 0 Å². The zero-order valence-electron chi connectivity index (χ0n) is 40.8. The van der Waals surface area contributed by atoms with Crippen LogP contribution >= 0.6 is 0 Å². The molecule has 0 aromatic heterocycles. The highest BCUT2D eigenvalue weighted by atomic mass is 16.3. The van der Waals surface area contributed by atoms with E-state index in [1.54, 1.807) is 6.08 Å². The summed E-state index contributed by atoms with van der Waals surface area (Å²) in [6, 6.07) is -0.822. The topological polar surface area (TPSA) is 89.8 Å². The third kappa shape index (κ3) is 46.1. The van der Waals surface area contributed by atoms with Gasteiger partial charge in [-0.1, -0.05) is 255 Å². The molecule has 3 unspecified atom stereocenters. The first kappa shape index (κ1) is 59.3. The van der Waals surface area contributed by atoms with E-state index in [0.717, 1.165) is 44.9 Å². The lowest BCUT2D eigenvalue weighted by atomic mass is 10.0. The van der Waals surface area contributed by atoms with Crippen LogP contribution in [0.4, 0.5) is 0 Å². The van der Waals surface area contributed by atoms with Gasteiger partial charge in [0, 0.05) is 0 Å². The molecule has 0 fully saturated rings. The lowest BCUT2D eigenvalue weighted by Gasteiger charge is -2.21. The van der Waals surface area contributed by atoms with Crippen LogP contribution in [0.2, 0.25) is 0 Å². The molecule has 1 amide bonds. The van der Waals surface area contributed by atoms with Crippen LogP contribution in [0.15, 0.2) is 48.6 Å². The second kappa shape index (κ2) is 50.9. The maximum absolute atomic E-state index is 12.5. The Kier molecular flexibility index (Phi) is 49.5. The molecule has 0 aliphatic heterocycles. The van der Waals surface area contributed by atoms with Crippen LogP contribution < -0.4 is 5.32 Å². The quantitative estimate of drug-likeness (QED) is 0.0362. The van der Waals surface area contributed by atoms with E-state index in [1.807, 2.05) is 6.08 Å². The fraction of sp³-hybridized carbons (Fsp3) is 0.839. The molecular formula is C56H105NO4. The minimum absolute atomic E-state index is 0.381. The number of rotatable bonds is 49. The number of hydrogen-bond donors (Lipinski definition) is 4. The van der Waals surface area contributed by atoms with Crippen LogP contribution in [-0.4, -0.2) is 46.1 Å². The summed E-state index contributed by atoms with van der Waals surface area (Å²) in [4.78, 5) is 12.5. The normalized spacial score (nSPS) is 13.7. The van der Waals surface area contributed by atoms with Gasteiger partial charge in [-0.2, -0.15) is 0 Å². The van der Waals surface area contributed by atoms with Crippen molar-refractivity contribution in [2.75, 3.05) is 6.61 Å². The van der Waals surface area contributed by atoms with Crippen molar-refractivity contribution >= 4 is 5.91 Å². The van der Waals surface area contributed by atoms with Gasteiger partial charge >= 0.3 is 0 Å². The largest absolute Gasteiger partial charge is 0.394 e. The van der Waals surface area contributed by atoms with Crippen LogP contribution in [0.1, 0.15) is 277 Å². The number of carbonyl (C=O) groups excluding carboxylic acids is 1. The fourth-order valence-electron chi connectivity index (χ4n) is 8.15. The smallest absolute Gasteiger partial charge is 0.249 e. The predicted octanol–water partition coefficient (Wildman–Crippen LogP) is 16.4. The summed E-state index contributed by atoms with van der Waals surface area (Å²) in [6.45, 7) is 4.18. The van der Waals surface area contributed by atoms with Crippen molar-refractivity contribution in [2.24, 2.45) is 0 Å². The van der Waals surface area contributed by atoms with Crippen molar-refractivity contribution in [3.63, 3.8) is 0 Å². The van der Waals surface area contributed by atoms with Gasteiger partial charge in [-0.25, -0.2) is 0 Å². The predicted molar refractivity (Wildman–Crippen MR) is 268 cm³/mol. The van der Waals surface area contributed by atoms with E-state index < -0.39 is 24.2 Å². The molecule has 0 saturated heterocycles. The van der Waals surface area contributed by atoms with Crippen molar-refractivity contribution in [3.05, 3.63) is 48.6 Å². The van der Waals surface area contributed by atoms with E-state index in [2.05, 4.69) is 55.6 Å². The van der Waals surface area contributed by atoms with E-state index in [1.165, 1.54) is 212 Å². The van der Waals surface area contributed by atoms with Gasteiger partial charge in [0.2, 0.25) is 5.91 Å². The molecule has 0 spiro atoms. The molecule has 0 heterocycles. The first-order chi connectivity index (χ1) is 30.1. The van der Waals surface area contributed by atoms with Crippen molar-refractivity contribution in [3.8, 4) is 0 Å². The van der Waals surface area contributed by atoms with Crippen LogP contribution in [0, 0.1) is 0 Å². The minimum Gasteiger partial charge on any atom is -0.394 e. The van der Waals surface area contributed by atoms with E-state index in [-0.39, 0.29) is 6.61 Å². The van der Waals surface area contributed by atoms with Gasteiger partial charge in [0.1, 0.15) is 6.10 Å². The van der Waals surface area contributed by atoms with Crippen molar-refractivity contribution in [1.29, 1.82) is 0 Å². The highest BCUT2D eigenvalue weighted by molar-refractivity contribution is 5.80. The zero-order chi connectivity index (χ0) is 44.4. The minimum atomic E-state index is -1.11. The molecule has 4 N–H and O–H groups in total. The molecule has 0 aliphatic rings. The molecule has 3 atom stereocenters. The number of unbranched alkanes of at least 4 members (excludes halogenated alkanes) is 35.